The standard InChI is InChI=1S/C19H26N4O2/c1-12-4-3-5-15(10-12)16-11-21-22-18(16)14-6-8-23(9-7-14)19(25)17(20)13(2)24/h3-5,10-11,13-14,17,24H,6-9,20H2,1-2H3,(H,21,22)/t13-,17+/m1/s1. The van der Waals surface area contributed by atoms with Crippen LogP contribution in [0.1, 0.15) is 36.9 Å². The van der Waals surface area contributed by atoms with Crippen molar-refractivity contribution >= 4 is 5.91 Å². The van der Waals surface area contributed by atoms with Crippen molar-refractivity contribution in [2.45, 2.75) is 44.8 Å². The number of carbonyl (C=O) groups is 1. The van der Waals surface area contributed by atoms with Gasteiger partial charge in [0.25, 0.3) is 0 Å². The molecule has 6 heteroatoms. The van der Waals surface area contributed by atoms with E-state index in [1.54, 1.807) is 11.8 Å². The van der Waals surface area contributed by atoms with Crippen molar-refractivity contribution in [3.8, 4) is 11.1 Å². The summed E-state index contributed by atoms with van der Waals surface area (Å²) in [7, 11) is 0. The lowest BCUT2D eigenvalue weighted by Gasteiger charge is -2.34. The molecule has 1 saturated heterocycles. The summed E-state index contributed by atoms with van der Waals surface area (Å²) in [4.78, 5) is 14.0. The molecule has 0 bridgehead atoms. The molecule has 0 aliphatic carbocycles. The van der Waals surface area contributed by atoms with E-state index < -0.39 is 12.1 Å². The number of nitrogens with two attached hydrogens (primary N) is 1. The highest BCUT2D eigenvalue weighted by Gasteiger charge is 2.30. The fourth-order valence-corrected chi connectivity index (χ4v) is 3.46. The van der Waals surface area contributed by atoms with E-state index in [4.69, 9.17) is 5.73 Å². The molecule has 4 N–H and O–H groups in total. The van der Waals surface area contributed by atoms with Crippen molar-refractivity contribution in [1.29, 1.82) is 0 Å². The van der Waals surface area contributed by atoms with E-state index in [-0.39, 0.29) is 5.91 Å². The van der Waals surface area contributed by atoms with E-state index in [2.05, 4.69) is 41.4 Å². The molecule has 2 heterocycles. The maximum Gasteiger partial charge on any atom is 0.242 e. The van der Waals surface area contributed by atoms with Gasteiger partial charge in [0.1, 0.15) is 6.04 Å². The lowest BCUT2D eigenvalue weighted by atomic mass is 9.89. The van der Waals surface area contributed by atoms with Crippen molar-refractivity contribution in [2.75, 3.05) is 13.1 Å². The lowest BCUT2D eigenvalue weighted by molar-refractivity contribution is -0.135. The predicted octanol–water partition coefficient (Wildman–Crippen LogP) is 1.80. The second-order valence-electron chi connectivity index (χ2n) is 6.93. The molecular weight excluding hydrogens is 316 g/mol. The third-order valence-electron chi connectivity index (χ3n) is 5.02. The number of nitrogens with one attached hydrogen (secondary N) is 1. The Kier molecular flexibility index (Phi) is 5.20. The van der Waals surface area contributed by atoms with E-state index in [1.165, 1.54) is 11.1 Å². The number of amides is 1. The summed E-state index contributed by atoms with van der Waals surface area (Å²) in [5, 5.41) is 16.9. The first-order valence-corrected chi connectivity index (χ1v) is 8.80. The second-order valence-corrected chi connectivity index (χ2v) is 6.93. The van der Waals surface area contributed by atoms with Crippen LogP contribution >= 0.6 is 0 Å². The van der Waals surface area contributed by atoms with Crippen LogP contribution in [0.5, 0.6) is 0 Å². The number of hydrogen-bond donors (Lipinski definition) is 3. The molecule has 0 spiro atoms. The molecule has 0 radical (unpaired) electrons. The minimum atomic E-state index is -0.841. The van der Waals surface area contributed by atoms with E-state index in [1.807, 2.05) is 6.20 Å². The molecule has 1 aliphatic heterocycles. The van der Waals surface area contributed by atoms with E-state index in [9.17, 15) is 9.90 Å². The number of aliphatic hydroxyl groups is 1. The highest BCUT2D eigenvalue weighted by molar-refractivity contribution is 5.82. The van der Waals surface area contributed by atoms with Crippen molar-refractivity contribution in [2.24, 2.45) is 5.73 Å². The number of hydrogen-bond acceptors (Lipinski definition) is 4. The Morgan fingerprint density at radius 2 is 2.12 bits per heavy atom. The van der Waals surface area contributed by atoms with Gasteiger partial charge < -0.3 is 15.7 Å². The number of piperidine rings is 1. The van der Waals surface area contributed by atoms with Crippen molar-refractivity contribution in [1.82, 2.24) is 15.1 Å². The third-order valence-corrected chi connectivity index (χ3v) is 5.02. The molecule has 1 aromatic heterocycles. The van der Waals surface area contributed by atoms with Gasteiger partial charge in [0.05, 0.1) is 12.3 Å². The number of aryl methyl sites for hydroxylation is 1. The summed E-state index contributed by atoms with van der Waals surface area (Å²) in [5.41, 5.74) is 10.4. The maximum atomic E-state index is 12.3. The molecule has 0 unspecified atom stereocenters. The zero-order chi connectivity index (χ0) is 18.0. The number of benzene rings is 1. The van der Waals surface area contributed by atoms with Gasteiger partial charge in [-0.05, 0) is 32.3 Å². The van der Waals surface area contributed by atoms with Gasteiger partial charge >= 0.3 is 0 Å². The first kappa shape index (κ1) is 17.6. The number of rotatable bonds is 4. The van der Waals surface area contributed by atoms with Gasteiger partial charge in [-0.15, -0.1) is 0 Å². The molecular formula is C19H26N4O2. The van der Waals surface area contributed by atoms with Gasteiger partial charge in [0.2, 0.25) is 5.91 Å². The molecule has 6 nitrogen and oxygen atoms in total. The van der Waals surface area contributed by atoms with Crippen LogP contribution in [0.25, 0.3) is 11.1 Å². The molecule has 134 valence electrons. The summed E-state index contributed by atoms with van der Waals surface area (Å²) < 4.78 is 0. The van der Waals surface area contributed by atoms with Crippen molar-refractivity contribution in [3.63, 3.8) is 0 Å². The lowest BCUT2D eigenvalue weighted by Crippen LogP contribution is -2.51. The first-order valence-electron chi connectivity index (χ1n) is 8.80. The Labute approximate surface area is 148 Å². The Morgan fingerprint density at radius 1 is 1.40 bits per heavy atom. The van der Waals surface area contributed by atoms with Crippen LogP contribution in [0.3, 0.4) is 0 Å². The van der Waals surface area contributed by atoms with Gasteiger partial charge in [-0.1, -0.05) is 29.8 Å². The number of aromatic amines is 1. The molecule has 25 heavy (non-hydrogen) atoms. The van der Waals surface area contributed by atoms with E-state index >= 15 is 0 Å². The van der Waals surface area contributed by atoms with Gasteiger partial charge in [0, 0.05) is 30.3 Å². The number of aromatic nitrogens is 2. The summed E-state index contributed by atoms with van der Waals surface area (Å²) in [6.07, 6.45) is 2.77. The Bertz CT molecular complexity index is 733. The molecule has 1 fully saturated rings. The highest BCUT2D eigenvalue weighted by Crippen LogP contribution is 2.34. The molecule has 0 saturated carbocycles. The zero-order valence-electron chi connectivity index (χ0n) is 14.8. The van der Waals surface area contributed by atoms with Crippen LogP contribution in [0, 0.1) is 6.92 Å². The van der Waals surface area contributed by atoms with Crippen LogP contribution in [0.15, 0.2) is 30.5 Å². The van der Waals surface area contributed by atoms with Gasteiger partial charge in [-0.2, -0.15) is 5.10 Å². The summed E-state index contributed by atoms with van der Waals surface area (Å²) in [6, 6.07) is 7.56. The second kappa shape index (κ2) is 7.37. The van der Waals surface area contributed by atoms with Crippen LogP contribution in [-0.2, 0) is 4.79 Å². The molecule has 1 aliphatic rings. The maximum absolute atomic E-state index is 12.3. The number of H-pyrrole nitrogens is 1. The molecule has 1 amide bonds. The average molecular weight is 342 g/mol. The number of likely N-dealkylation sites (tertiary alicyclic amines) is 1. The quantitative estimate of drug-likeness (QED) is 0.789. The normalized spacial score (nSPS) is 18.2. The third kappa shape index (κ3) is 3.75. The number of carbonyl (C=O) groups excluding carboxylic acids is 1. The fourth-order valence-electron chi connectivity index (χ4n) is 3.46. The zero-order valence-corrected chi connectivity index (χ0v) is 14.8. The fraction of sp³-hybridized carbons (Fsp3) is 0.474. The SMILES string of the molecule is Cc1cccc(-c2cn[nH]c2C2CCN(C(=O)[C@@H](N)[C@@H](C)O)CC2)c1. The average Bonchev–Trinajstić information content (AvgIpc) is 3.10. The minimum absolute atomic E-state index is 0.169. The molecule has 2 aromatic rings. The minimum Gasteiger partial charge on any atom is -0.391 e. The number of aliphatic hydroxyl groups excluding tert-OH is 1. The van der Waals surface area contributed by atoms with Crippen molar-refractivity contribution in [3.05, 3.63) is 41.7 Å². The number of nitrogens with zero attached hydrogens (tertiary/aromatic N) is 2. The molecule has 1 aromatic carbocycles. The Balaban J connectivity index is 1.70. The summed E-state index contributed by atoms with van der Waals surface area (Å²) in [5.74, 6) is 0.168. The Hall–Kier alpha value is -2.18. The van der Waals surface area contributed by atoms with Crippen molar-refractivity contribution < 1.29 is 9.90 Å². The van der Waals surface area contributed by atoms with E-state index in [0.717, 1.165) is 24.1 Å². The molecule has 3 rings (SSSR count). The smallest absolute Gasteiger partial charge is 0.242 e. The van der Waals surface area contributed by atoms with E-state index in [0.29, 0.717) is 19.0 Å². The Morgan fingerprint density at radius 3 is 2.76 bits per heavy atom. The molecule has 2 atom stereocenters. The van der Waals surface area contributed by atoms with Gasteiger partial charge in [0.15, 0.2) is 0 Å². The summed E-state index contributed by atoms with van der Waals surface area (Å²) >= 11 is 0. The van der Waals surface area contributed by atoms with Crippen LogP contribution in [-0.4, -0.2) is 51.3 Å². The predicted molar refractivity (Wildman–Crippen MR) is 97.0 cm³/mol. The summed E-state index contributed by atoms with van der Waals surface area (Å²) in [6.45, 7) is 4.93. The van der Waals surface area contributed by atoms with Crippen LogP contribution in [0.2, 0.25) is 0 Å². The van der Waals surface area contributed by atoms with Gasteiger partial charge in [-0.25, -0.2) is 0 Å². The van der Waals surface area contributed by atoms with Crippen LogP contribution < -0.4 is 5.73 Å². The first-order chi connectivity index (χ1) is 12.0. The monoisotopic (exact) mass is 342 g/mol. The highest BCUT2D eigenvalue weighted by atomic mass is 16.3. The van der Waals surface area contributed by atoms with Crippen LogP contribution in [0.4, 0.5) is 0 Å². The van der Waals surface area contributed by atoms with Gasteiger partial charge in [-0.3, -0.25) is 9.89 Å². The largest absolute Gasteiger partial charge is 0.391 e. The topological polar surface area (TPSA) is 95.2 Å².